The van der Waals surface area contributed by atoms with E-state index in [1.807, 2.05) is 22.6 Å². The number of nitrogen functional groups attached to an aromatic ring is 1. The fourth-order valence-corrected chi connectivity index (χ4v) is 1.34. The molecule has 0 aromatic carbocycles. The van der Waals surface area contributed by atoms with E-state index in [4.69, 9.17) is 17.3 Å². The Bertz CT molecular complexity index is 372. The minimum absolute atomic E-state index is 0.0554. The number of nitrogens with zero attached hydrogens (tertiary/aromatic N) is 1. The largest absolute Gasteiger partial charge is 0.479 e. The molecule has 0 amide bonds. The van der Waals surface area contributed by atoms with Gasteiger partial charge in [0.05, 0.1) is 9.26 Å². The molecule has 1 heterocycles. The number of halogens is 5. The molecule has 1 aromatic rings. The Morgan fingerprint density at radius 3 is 2.67 bits per heavy atom. The minimum Gasteiger partial charge on any atom is -0.479 e. The summed E-state index contributed by atoms with van der Waals surface area (Å²) in [6.07, 6.45) is -3.09. The molecule has 0 spiro atoms. The van der Waals surface area contributed by atoms with Crippen molar-refractivity contribution in [3.63, 3.8) is 0 Å². The van der Waals surface area contributed by atoms with Gasteiger partial charge in [0.25, 0.3) is 0 Å². The lowest BCUT2D eigenvalue weighted by atomic mass is 10.4. The molecule has 3 nitrogen and oxygen atoms in total. The first-order chi connectivity index (χ1) is 6.81. The number of pyridine rings is 1. The van der Waals surface area contributed by atoms with Gasteiger partial charge in [-0.25, -0.2) is 4.98 Å². The summed E-state index contributed by atoms with van der Waals surface area (Å²) in [5.74, 6) is -0.235. The molecule has 0 saturated carbocycles. The zero-order chi connectivity index (χ0) is 11.6. The summed E-state index contributed by atoms with van der Waals surface area (Å²) >= 11 is 7.36. The zero-order valence-electron chi connectivity index (χ0n) is 7.11. The Hall–Kier alpha value is -0.440. The third-order valence-corrected chi connectivity index (χ3v) is 2.49. The summed E-state index contributed by atoms with van der Waals surface area (Å²) < 4.78 is 40.6. The van der Waals surface area contributed by atoms with E-state index in [2.05, 4.69) is 9.72 Å². The van der Waals surface area contributed by atoms with Crippen molar-refractivity contribution in [1.82, 2.24) is 4.98 Å². The van der Waals surface area contributed by atoms with Gasteiger partial charge in [0, 0.05) is 6.20 Å². The Labute approximate surface area is 102 Å². The van der Waals surface area contributed by atoms with Gasteiger partial charge in [-0.1, -0.05) is 11.6 Å². The molecule has 8 heteroatoms. The Kier molecular flexibility index (Phi) is 3.87. The maximum atomic E-state index is 11.9. The van der Waals surface area contributed by atoms with Gasteiger partial charge in [0.1, 0.15) is 0 Å². The van der Waals surface area contributed by atoms with E-state index in [1.165, 1.54) is 6.20 Å². The van der Waals surface area contributed by atoms with Gasteiger partial charge >= 0.3 is 6.18 Å². The van der Waals surface area contributed by atoms with Crippen molar-refractivity contribution in [1.29, 1.82) is 0 Å². The van der Waals surface area contributed by atoms with E-state index in [1.54, 1.807) is 0 Å². The van der Waals surface area contributed by atoms with Crippen molar-refractivity contribution in [2.75, 3.05) is 12.3 Å². The molecule has 0 bridgehead atoms. The second-order valence-electron chi connectivity index (χ2n) is 2.54. The number of hydrogen-bond donors (Lipinski definition) is 1. The quantitative estimate of drug-likeness (QED) is 0.658. The van der Waals surface area contributed by atoms with Crippen LogP contribution in [0.2, 0.25) is 5.15 Å². The van der Waals surface area contributed by atoms with Gasteiger partial charge in [-0.3, -0.25) is 0 Å². The van der Waals surface area contributed by atoms with Gasteiger partial charge in [0.2, 0.25) is 0 Å². The van der Waals surface area contributed by atoms with Crippen LogP contribution in [0.15, 0.2) is 6.20 Å². The smallest absolute Gasteiger partial charge is 0.422 e. The van der Waals surface area contributed by atoms with Crippen molar-refractivity contribution in [3.8, 4) is 5.75 Å². The van der Waals surface area contributed by atoms with E-state index >= 15 is 0 Å². The summed E-state index contributed by atoms with van der Waals surface area (Å²) in [6, 6.07) is 0. The van der Waals surface area contributed by atoms with Crippen LogP contribution >= 0.6 is 34.2 Å². The Morgan fingerprint density at radius 1 is 1.53 bits per heavy atom. The summed E-state index contributed by atoms with van der Waals surface area (Å²) in [5.41, 5.74) is 5.54. The van der Waals surface area contributed by atoms with Crippen LogP contribution in [0.4, 0.5) is 18.9 Å². The number of hydrogen-bond acceptors (Lipinski definition) is 3. The number of aromatic nitrogens is 1. The maximum Gasteiger partial charge on any atom is 0.422 e. The first kappa shape index (κ1) is 12.6. The Morgan fingerprint density at radius 2 is 2.13 bits per heavy atom. The van der Waals surface area contributed by atoms with Crippen LogP contribution in [0, 0.1) is 3.57 Å². The first-order valence-corrected chi connectivity index (χ1v) is 5.06. The molecule has 0 atom stereocenters. The molecule has 0 saturated heterocycles. The van der Waals surface area contributed by atoms with Crippen LogP contribution in [0.1, 0.15) is 0 Å². The van der Waals surface area contributed by atoms with E-state index in [0.29, 0.717) is 3.57 Å². The lowest BCUT2D eigenvalue weighted by Gasteiger charge is -2.12. The second-order valence-corrected chi connectivity index (χ2v) is 4.06. The molecule has 0 unspecified atom stereocenters. The van der Waals surface area contributed by atoms with E-state index in [-0.39, 0.29) is 16.6 Å². The highest BCUT2D eigenvalue weighted by atomic mass is 127. The predicted molar refractivity (Wildman–Crippen MR) is 57.9 cm³/mol. The highest BCUT2D eigenvalue weighted by molar-refractivity contribution is 14.1. The number of ether oxygens (including phenoxy) is 1. The van der Waals surface area contributed by atoms with Crippen LogP contribution in [-0.4, -0.2) is 17.8 Å². The van der Waals surface area contributed by atoms with Crippen molar-refractivity contribution in [2.24, 2.45) is 0 Å². The monoisotopic (exact) mass is 352 g/mol. The maximum absolute atomic E-state index is 11.9. The first-order valence-electron chi connectivity index (χ1n) is 3.60. The highest BCUT2D eigenvalue weighted by Crippen LogP contribution is 2.33. The third-order valence-electron chi connectivity index (χ3n) is 1.36. The predicted octanol–water partition coefficient (Wildman–Crippen LogP) is 2.86. The van der Waals surface area contributed by atoms with Gasteiger partial charge < -0.3 is 10.5 Å². The topological polar surface area (TPSA) is 48.1 Å². The minimum atomic E-state index is -4.43. The number of anilines is 1. The highest BCUT2D eigenvalue weighted by Gasteiger charge is 2.29. The molecule has 15 heavy (non-hydrogen) atoms. The normalized spacial score (nSPS) is 11.5. The van der Waals surface area contributed by atoms with Gasteiger partial charge in [-0.2, -0.15) is 13.2 Å². The molecule has 0 aliphatic heterocycles. The van der Waals surface area contributed by atoms with Gasteiger partial charge in [0.15, 0.2) is 17.5 Å². The van der Waals surface area contributed by atoms with Crippen LogP contribution < -0.4 is 10.5 Å². The summed E-state index contributed by atoms with van der Waals surface area (Å²) in [5, 5.41) is -0.183. The van der Waals surface area contributed by atoms with Crippen molar-refractivity contribution in [3.05, 3.63) is 14.9 Å². The molecule has 84 valence electrons. The summed E-state index contributed by atoms with van der Waals surface area (Å²) in [4.78, 5) is 3.63. The van der Waals surface area contributed by atoms with Crippen LogP contribution in [0.25, 0.3) is 0 Å². The molecule has 2 N–H and O–H groups in total. The van der Waals surface area contributed by atoms with Gasteiger partial charge in [-0.05, 0) is 22.6 Å². The average Bonchev–Trinajstić information content (AvgIpc) is 2.10. The summed E-state index contributed by atoms with van der Waals surface area (Å²) in [7, 11) is 0. The lowest BCUT2D eigenvalue weighted by Crippen LogP contribution is -2.20. The Balaban J connectivity index is 2.90. The van der Waals surface area contributed by atoms with E-state index in [0.717, 1.165) is 0 Å². The van der Waals surface area contributed by atoms with Gasteiger partial charge in [-0.15, -0.1) is 0 Å². The number of alkyl halides is 3. The summed E-state index contributed by atoms with van der Waals surface area (Å²) in [6.45, 7) is -1.45. The fraction of sp³-hybridized carbons (Fsp3) is 0.286. The van der Waals surface area contributed by atoms with Crippen molar-refractivity contribution in [2.45, 2.75) is 6.18 Å². The number of rotatable bonds is 2. The zero-order valence-corrected chi connectivity index (χ0v) is 10.0. The SMILES string of the molecule is Nc1c(I)cnc(Cl)c1OCC(F)(F)F. The van der Waals surface area contributed by atoms with Crippen molar-refractivity contribution >= 4 is 39.9 Å². The molecule has 0 fully saturated rings. The average molecular weight is 352 g/mol. The van der Waals surface area contributed by atoms with E-state index in [9.17, 15) is 13.2 Å². The second kappa shape index (κ2) is 4.60. The fourth-order valence-electron chi connectivity index (χ4n) is 0.752. The number of nitrogens with two attached hydrogens (primary N) is 1. The molecule has 0 aliphatic carbocycles. The van der Waals surface area contributed by atoms with Crippen LogP contribution in [-0.2, 0) is 0 Å². The van der Waals surface area contributed by atoms with E-state index < -0.39 is 12.8 Å². The molecule has 0 aliphatic rings. The molecular formula is C7H5ClF3IN2O. The molecule has 1 rings (SSSR count). The molecular weight excluding hydrogens is 347 g/mol. The molecule has 0 radical (unpaired) electrons. The van der Waals surface area contributed by atoms with Crippen LogP contribution in [0.3, 0.4) is 0 Å². The molecule has 1 aromatic heterocycles. The third kappa shape index (κ3) is 3.56. The van der Waals surface area contributed by atoms with Crippen LogP contribution in [0.5, 0.6) is 5.75 Å². The lowest BCUT2D eigenvalue weighted by molar-refractivity contribution is -0.153. The standard InChI is InChI=1S/C7H5ClF3IN2O/c8-6-5(15-2-7(9,10)11)4(13)3(12)1-14-6/h1H,2H2,(H2,13,14). The van der Waals surface area contributed by atoms with Crippen molar-refractivity contribution < 1.29 is 17.9 Å².